The first kappa shape index (κ1) is 22.1. The van der Waals surface area contributed by atoms with Gasteiger partial charge in [0.15, 0.2) is 0 Å². The predicted molar refractivity (Wildman–Crippen MR) is 129 cm³/mol. The van der Waals surface area contributed by atoms with E-state index in [0.717, 1.165) is 30.0 Å². The van der Waals surface area contributed by atoms with Crippen LogP contribution in [-0.4, -0.2) is 12.8 Å². The van der Waals surface area contributed by atoms with Crippen molar-refractivity contribution in [2.45, 2.75) is 64.2 Å². The van der Waals surface area contributed by atoms with E-state index >= 15 is 0 Å². The van der Waals surface area contributed by atoms with Gasteiger partial charge in [-0.1, -0.05) is 88.3 Å². The molecule has 0 saturated heterocycles. The van der Waals surface area contributed by atoms with Gasteiger partial charge in [0, 0.05) is 12.1 Å². The lowest BCUT2D eigenvalue weighted by atomic mass is 10.0. The van der Waals surface area contributed by atoms with E-state index < -0.39 is 0 Å². The van der Waals surface area contributed by atoms with Gasteiger partial charge < -0.3 is 4.74 Å². The fraction of sp³-hybridized carbons (Fsp3) is 0.393. The number of hydrogen-bond acceptors (Lipinski definition) is 2. The van der Waals surface area contributed by atoms with Crippen molar-refractivity contribution in [3.63, 3.8) is 0 Å². The molecule has 0 heterocycles. The van der Waals surface area contributed by atoms with Crippen LogP contribution in [0.4, 0.5) is 5.69 Å². The van der Waals surface area contributed by atoms with Gasteiger partial charge >= 0.3 is 0 Å². The molecule has 0 aromatic heterocycles. The van der Waals surface area contributed by atoms with Crippen molar-refractivity contribution < 1.29 is 4.74 Å². The molecule has 2 heteroatoms. The minimum absolute atomic E-state index is 0.404. The second-order valence-corrected chi connectivity index (χ2v) is 8.04. The Morgan fingerprint density at radius 3 is 2.07 bits per heavy atom. The molecule has 0 N–H and O–H groups in total. The molecule has 158 valence electrons. The number of rotatable bonds is 13. The second kappa shape index (κ2) is 12.8. The van der Waals surface area contributed by atoms with Gasteiger partial charge in [-0.2, -0.15) is 0 Å². The molecule has 0 amide bonds. The molecule has 0 aliphatic heterocycles. The molecule has 2 aromatic carbocycles. The number of ether oxygens (including phenoxy) is 1. The topological polar surface area (TPSA) is 21.6 Å². The summed E-state index contributed by atoms with van der Waals surface area (Å²) in [6.45, 7) is 3.07. The Morgan fingerprint density at radius 1 is 0.767 bits per heavy atom. The number of allylic oxidation sites excluding steroid dienone is 4. The SMILES string of the molecule is CCCCCCCCCCOc1ccc(C=Nc2ccc(C3C=CC=C3)cc2)cc1. The molecule has 0 fully saturated rings. The van der Waals surface area contributed by atoms with E-state index in [1.807, 2.05) is 18.3 Å². The summed E-state index contributed by atoms with van der Waals surface area (Å²) < 4.78 is 5.88. The minimum Gasteiger partial charge on any atom is -0.494 e. The van der Waals surface area contributed by atoms with Gasteiger partial charge in [0.2, 0.25) is 0 Å². The standard InChI is InChI=1S/C28H35NO/c1-2-3-4-5-6-7-8-11-22-30-28-20-14-24(15-21-28)23-29-27-18-16-26(17-19-27)25-12-9-10-13-25/h9-10,12-21,23,25H,2-8,11,22H2,1H3. The van der Waals surface area contributed by atoms with Crippen LogP contribution in [0.15, 0.2) is 77.8 Å². The molecule has 0 spiro atoms. The first-order valence-corrected chi connectivity index (χ1v) is 11.6. The highest BCUT2D eigenvalue weighted by molar-refractivity contribution is 5.82. The van der Waals surface area contributed by atoms with Crippen LogP contribution in [0, 0.1) is 0 Å². The summed E-state index contributed by atoms with van der Waals surface area (Å²) in [5, 5.41) is 0. The molecule has 2 nitrogen and oxygen atoms in total. The Bertz CT molecular complexity index is 803. The van der Waals surface area contributed by atoms with E-state index in [2.05, 4.69) is 72.6 Å². The van der Waals surface area contributed by atoms with Crippen LogP contribution >= 0.6 is 0 Å². The molecule has 2 aromatic rings. The first-order valence-electron chi connectivity index (χ1n) is 11.6. The molecule has 0 bridgehead atoms. The van der Waals surface area contributed by atoms with Gasteiger partial charge in [-0.3, -0.25) is 4.99 Å². The number of nitrogens with zero attached hydrogens (tertiary/aromatic N) is 1. The normalized spacial score (nSPS) is 13.5. The summed E-state index contributed by atoms with van der Waals surface area (Å²) in [6, 6.07) is 16.7. The molecule has 0 radical (unpaired) electrons. The highest BCUT2D eigenvalue weighted by Crippen LogP contribution is 2.25. The van der Waals surface area contributed by atoms with Crippen LogP contribution in [0.25, 0.3) is 0 Å². The van der Waals surface area contributed by atoms with Gasteiger partial charge in [-0.25, -0.2) is 0 Å². The smallest absolute Gasteiger partial charge is 0.119 e. The van der Waals surface area contributed by atoms with Crippen LogP contribution < -0.4 is 4.74 Å². The zero-order valence-electron chi connectivity index (χ0n) is 18.3. The molecule has 1 aliphatic carbocycles. The molecule has 0 unspecified atom stereocenters. The van der Waals surface area contributed by atoms with E-state index in [1.54, 1.807) is 0 Å². The monoisotopic (exact) mass is 401 g/mol. The molecule has 0 saturated carbocycles. The lowest BCUT2D eigenvalue weighted by molar-refractivity contribution is 0.304. The number of benzene rings is 2. The minimum atomic E-state index is 0.404. The highest BCUT2D eigenvalue weighted by Gasteiger charge is 2.06. The quantitative estimate of drug-likeness (QED) is 0.245. The number of hydrogen-bond donors (Lipinski definition) is 0. The van der Waals surface area contributed by atoms with E-state index in [4.69, 9.17) is 4.74 Å². The van der Waals surface area contributed by atoms with Crippen LogP contribution in [0.5, 0.6) is 5.75 Å². The van der Waals surface area contributed by atoms with E-state index in [-0.39, 0.29) is 0 Å². The van der Waals surface area contributed by atoms with Gasteiger partial charge in [0.05, 0.1) is 12.3 Å². The third-order valence-corrected chi connectivity index (χ3v) is 5.54. The molecule has 3 rings (SSSR count). The molecular weight excluding hydrogens is 366 g/mol. The Kier molecular flexibility index (Phi) is 9.46. The van der Waals surface area contributed by atoms with Crippen molar-refractivity contribution in [2.75, 3.05) is 6.61 Å². The van der Waals surface area contributed by atoms with Crippen LogP contribution in [0.1, 0.15) is 75.3 Å². The van der Waals surface area contributed by atoms with Crippen molar-refractivity contribution in [3.05, 3.63) is 84.0 Å². The fourth-order valence-corrected chi connectivity index (χ4v) is 3.66. The van der Waals surface area contributed by atoms with Crippen molar-refractivity contribution in [2.24, 2.45) is 4.99 Å². The predicted octanol–water partition coefficient (Wildman–Crippen LogP) is 8.17. The molecular formula is C28H35NO. The van der Waals surface area contributed by atoms with E-state index in [9.17, 15) is 0 Å². The van der Waals surface area contributed by atoms with Crippen molar-refractivity contribution in [1.82, 2.24) is 0 Å². The van der Waals surface area contributed by atoms with Crippen molar-refractivity contribution in [3.8, 4) is 5.75 Å². The van der Waals surface area contributed by atoms with Crippen LogP contribution in [0.3, 0.4) is 0 Å². The van der Waals surface area contributed by atoms with Crippen LogP contribution in [-0.2, 0) is 0 Å². The fourth-order valence-electron chi connectivity index (χ4n) is 3.66. The maximum Gasteiger partial charge on any atom is 0.119 e. The Hall–Kier alpha value is -2.61. The molecule has 30 heavy (non-hydrogen) atoms. The Morgan fingerprint density at radius 2 is 1.40 bits per heavy atom. The van der Waals surface area contributed by atoms with Crippen LogP contribution in [0.2, 0.25) is 0 Å². The summed E-state index contributed by atoms with van der Waals surface area (Å²) in [7, 11) is 0. The largest absolute Gasteiger partial charge is 0.494 e. The van der Waals surface area contributed by atoms with Gasteiger partial charge in [-0.05, 0) is 53.9 Å². The summed E-state index contributed by atoms with van der Waals surface area (Å²) in [5.74, 6) is 1.35. The van der Waals surface area contributed by atoms with Crippen molar-refractivity contribution in [1.29, 1.82) is 0 Å². The Labute approximate surface area is 182 Å². The zero-order chi connectivity index (χ0) is 20.9. The van der Waals surface area contributed by atoms with Gasteiger partial charge in [0.1, 0.15) is 5.75 Å². The van der Waals surface area contributed by atoms with Gasteiger partial charge in [-0.15, -0.1) is 0 Å². The summed E-state index contributed by atoms with van der Waals surface area (Å²) in [4.78, 5) is 4.59. The third kappa shape index (κ3) is 7.67. The maximum absolute atomic E-state index is 5.88. The first-order chi connectivity index (χ1) is 14.8. The molecule has 1 aliphatic rings. The number of aliphatic imine (C=N–C) groups is 1. The average molecular weight is 402 g/mol. The second-order valence-electron chi connectivity index (χ2n) is 8.04. The Balaban J connectivity index is 1.35. The lowest BCUT2D eigenvalue weighted by Crippen LogP contribution is -1.97. The lowest BCUT2D eigenvalue weighted by Gasteiger charge is -2.07. The third-order valence-electron chi connectivity index (χ3n) is 5.54. The maximum atomic E-state index is 5.88. The summed E-state index contributed by atoms with van der Waals surface area (Å²) in [6.07, 6.45) is 21.1. The highest BCUT2D eigenvalue weighted by atomic mass is 16.5. The summed E-state index contributed by atoms with van der Waals surface area (Å²) >= 11 is 0. The molecule has 0 atom stereocenters. The zero-order valence-corrected chi connectivity index (χ0v) is 18.3. The summed E-state index contributed by atoms with van der Waals surface area (Å²) in [5.41, 5.74) is 3.36. The van der Waals surface area contributed by atoms with E-state index in [1.165, 1.54) is 50.5 Å². The van der Waals surface area contributed by atoms with E-state index in [0.29, 0.717) is 5.92 Å². The van der Waals surface area contributed by atoms with Gasteiger partial charge in [0.25, 0.3) is 0 Å². The average Bonchev–Trinajstić information content (AvgIpc) is 3.33. The number of unbranched alkanes of at least 4 members (excludes halogenated alkanes) is 7. The van der Waals surface area contributed by atoms with Crippen molar-refractivity contribution >= 4 is 11.9 Å².